The molecule has 90 valence electrons. The Balaban J connectivity index is 2.16. The van der Waals surface area contributed by atoms with Crippen LogP contribution in [0.15, 0.2) is 18.2 Å². The molecule has 1 heterocycles. The minimum atomic E-state index is -0.366. The molecule has 0 saturated carbocycles. The van der Waals surface area contributed by atoms with Crippen molar-refractivity contribution in [1.82, 2.24) is 4.90 Å². The maximum absolute atomic E-state index is 13.7. The summed E-state index contributed by atoms with van der Waals surface area (Å²) in [7, 11) is 0. The van der Waals surface area contributed by atoms with Crippen LogP contribution in [0.1, 0.15) is 24.0 Å². The predicted molar refractivity (Wildman–Crippen MR) is 66.9 cm³/mol. The van der Waals surface area contributed by atoms with Gasteiger partial charge in [-0.2, -0.15) is 0 Å². The largest absolute Gasteiger partial charge is 0.389 e. The number of thiocarbonyl (C=S) groups is 1. The number of nitrogens with zero attached hydrogens (tertiary/aromatic N) is 1. The van der Waals surface area contributed by atoms with Gasteiger partial charge in [0.2, 0.25) is 5.91 Å². The van der Waals surface area contributed by atoms with Crippen LogP contribution in [0.3, 0.4) is 0 Å². The van der Waals surface area contributed by atoms with E-state index in [1.807, 2.05) is 0 Å². The van der Waals surface area contributed by atoms with Crippen molar-refractivity contribution < 1.29 is 9.18 Å². The van der Waals surface area contributed by atoms with Gasteiger partial charge in [-0.3, -0.25) is 4.79 Å². The first-order valence-corrected chi connectivity index (χ1v) is 5.85. The van der Waals surface area contributed by atoms with Crippen LogP contribution in [0.25, 0.3) is 0 Å². The highest BCUT2D eigenvalue weighted by Crippen LogP contribution is 2.17. The lowest BCUT2D eigenvalue weighted by atomic mass is 10.1. The molecule has 0 spiro atoms. The molecule has 1 saturated heterocycles. The summed E-state index contributed by atoms with van der Waals surface area (Å²) in [6, 6.07) is 4.63. The van der Waals surface area contributed by atoms with Crippen molar-refractivity contribution in [3.8, 4) is 0 Å². The van der Waals surface area contributed by atoms with Gasteiger partial charge in [-0.1, -0.05) is 24.4 Å². The van der Waals surface area contributed by atoms with E-state index in [0.29, 0.717) is 30.6 Å². The molecule has 1 aromatic carbocycles. The third kappa shape index (κ3) is 2.61. The fourth-order valence-corrected chi connectivity index (χ4v) is 2.03. The first kappa shape index (κ1) is 12.0. The zero-order valence-corrected chi connectivity index (χ0v) is 10.1. The fraction of sp³-hybridized carbons (Fsp3) is 0.333. The molecule has 1 aromatic rings. The van der Waals surface area contributed by atoms with Gasteiger partial charge < -0.3 is 10.6 Å². The van der Waals surface area contributed by atoms with Crippen molar-refractivity contribution in [2.45, 2.75) is 19.4 Å². The van der Waals surface area contributed by atoms with Gasteiger partial charge in [-0.25, -0.2) is 4.39 Å². The second-order valence-corrected chi connectivity index (χ2v) is 4.53. The molecule has 1 aliphatic heterocycles. The van der Waals surface area contributed by atoms with Gasteiger partial charge in [0.25, 0.3) is 0 Å². The summed E-state index contributed by atoms with van der Waals surface area (Å²) >= 11 is 4.77. The molecular weight excluding hydrogens is 239 g/mol. The normalized spacial score (nSPS) is 15.4. The molecule has 3 nitrogen and oxygen atoms in total. The third-order valence-corrected chi connectivity index (χ3v) is 3.11. The molecule has 5 heteroatoms. The molecule has 2 N–H and O–H groups in total. The number of hydrogen-bond acceptors (Lipinski definition) is 2. The molecule has 1 aliphatic rings. The van der Waals surface area contributed by atoms with Gasteiger partial charge in [-0.15, -0.1) is 0 Å². The maximum Gasteiger partial charge on any atom is 0.222 e. The molecule has 0 aromatic heterocycles. The lowest BCUT2D eigenvalue weighted by Gasteiger charge is -2.16. The second-order valence-electron chi connectivity index (χ2n) is 4.09. The van der Waals surface area contributed by atoms with Crippen LogP contribution < -0.4 is 5.73 Å². The number of amides is 1. The molecule has 0 bridgehead atoms. The number of carbonyl (C=O) groups is 1. The highest BCUT2D eigenvalue weighted by atomic mass is 32.1. The van der Waals surface area contributed by atoms with E-state index in [1.54, 1.807) is 17.0 Å². The van der Waals surface area contributed by atoms with E-state index in [0.717, 1.165) is 6.42 Å². The molecule has 0 unspecified atom stereocenters. The molecular formula is C12H13FN2OS. The molecule has 2 rings (SSSR count). The van der Waals surface area contributed by atoms with E-state index in [9.17, 15) is 9.18 Å². The van der Waals surface area contributed by atoms with Crippen LogP contribution in [-0.2, 0) is 11.3 Å². The van der Waals surface area contributed by atoms with E-state index >= 15 is 0 Å². The number of nitrogens with two attached hydrogens (primary N) is 1. The van der Waals surface area contributed by atoms with Crippen molar-refractivity contribution >= 4 is 23.1 Å². The number of hydrogen-bond donors (Lipinski definition) is 1. The lowest BCUT2D eigenvalue weighted by molar-refractivity contribution is -0.128. The van der Waals surface area contributed by atoms with Gasteiger partial charge in [0.1, 0.15) is 10.8 Å². The average molecular weight is 252 g/mol. The summed E-state index contributed by atoms with van der Waals surface area (Å²) in [4.78, 5) is 13.3. The van der Waals surface area contributed by atoms with Gasteiger partial charge in [0.05, 0.1) is 0 Å². The number of likely N-dealkylation sites (tertiary alicyclic amines) is 1. The number of rotatable bonds is 3. The molecule has 17 heavy (non-hydrogen) atoms. The minimum absolute atomic E-state index is 0.0859. The average Bonchev–Trinajstić information content (AvgIpc) is 2.67. The van der Waals surface area contributed by atoms with E-state index in [2.05, 4.69) is 0 Å². The van der Waals surface area contributed by atoms with Gasteiger partial charge in [-0.05, 0) is 12.5 Å². The summed E-state index contributed by atoms with van der Waals surface area (Å²) in [5.41, 5.74) is 6.43. The van der Waals surface area contributed by atoms with Crippen LogP contribution in [0.5, 0.6) is 0 Å². The van der Waals surface area contributed by atoms with Gasteiger partial charge >= 0.3 is 0 Å². The first-order chi connectivity index (χ1) is 8.08. The minimum Gasteiger partial charge on any atom is -0.389 e. The second kappa shape index (κ2) is 4.79. The molecule has 1 fully saturated rings. The summed E-state index contributed by atoms with van der Waals surface area (Å²) in [5, 5.41) is 0. The Bertz CT molecular complexity index is 476. The van der Waals surface area contributed by atoms with Crippen LogP contribution >= 0.6 is 12.2 Å². The number of halogens is 1. The third-order valence-electron chi connectivity index (χ3n) is 2.87. The van der Waals surface area contributed by atoms with Crippen molar-refractivity contribution in [1.29, 1.82) is 0 Å². The van der Waals surface area contributed by atoms with Crippen LogP contribution in [0.4, 0.5) is 4.39 Å². The topological polar surface area (TPSA) is 46.3 Å². The summed E-state index contributed by atoms with van der Waals surface area (Å²) < 4.78 is 13.7. The predicted octanol–water partition coefficient (Wildman–Crippen LogP) is 1.58. The number of carbonyl (C=O) groups excluding carboxylic acids is 1. The van der Waals surface area contributed by atoms with Gasteiger partial charge in [0, 0.05) is 30.6 Å². The Morgan fingerprint density at radius 3 is 2.82 bits per heavy atom. The summed E-state index contributed by atoms with van der Waals surface area (Å²) in [6.07, 6.45) is 1.41. The van der Waals surface area contributed by atoms with E-state index in [4.69, 9.17) is 18.0 Å². The van der Waals surface area contributed by atoms with Gasteiger partial charge in [0.15, 0.2) is 0 Å². The van der Waals surface area contributed by atoms with E-state index < -0.39 is 0 Å². The Labute approximate surface area is 104 Å². The smallest absolute Gasteiger partial charge is 0.222 e. The fourth-order valence-electron chi connectivity index (χ4n) is 1.91. The lowest BCUT2D eigenvalue weighted by Crippen LogP contribution is -2.24. The molecule has 1 amide bonds. The Kier molecular flexibility index (Phi) is 3.38. The standard InChI is InChI=1S/C12H13FN2OS/c13-10-6-8(12(14)17)3-4-9(10)7-15-5-1-2-11(15)16/h3-4,6H,1-2,5,7H2,(H2,14,17). The quantitative estimate of drug-likeness (QED) is 0.831. The highest BCUT2D eigenvalue weighted by molar-refractivity contribution is 7.80. The van der Waals surface area contributed by atoms with Crippen LogP contribution in [0.2, 0.25) is 0 Å². The SMILES string of the molecule is NC(=S)c1ccc(CN2CCCC2=O)c(F)c1. The zero-order valence-electron chi connectivity index (χ0n) is 9.28. The number of benzene rings is 1. The van der Waals surface area contributed by atoms with Crippen LogP contribution in [0, 0.1) is 5.82 Å². The van der Waals surface area contributed by atoms with Crippen molar-refractivity contribution in [3.63, 3.8) is 0 Å². The van der Waals surface area contributed by atoms with E-state index in [-0.39, 0.29) is 16.7 Å². The highest BCUT2D eigenvalue weighted by Gasteiger charge is 2.21. The summed E-state index contributed by atoms with van der Waals surface area (Å²) in [6.45, 7) is 1.03. The van der Waals surface area contributed by atoms with Crippen molar-refractivity contribution in [2.24, 2.45) is 5.73 Å². The summed E-state index contributed by atoms with van der Waals surface area (Å²) in [5.74, 6) is -0.280. The zero-order chi connectivity index (χ0) is 12.4. The monoisotopic (exact) mass is 252 g/mol. The Morgan fingerprint density at radius 1 is 1.53 bits per heavy atom. The Morgan fingerprint density at radius 2 is 2.29 bits per heavy atom. The van der Waals surface area contributed by atoms with Crippen molar-refractivity contribution in [2.75, 3.05) is 6.54 Å². The molecule has 0 aliphatic carbocycles. The first-order valence-electron chi connectivity index (χ1n) is 5.44. The van der Waals surface area contributed by atoms with Crippen LogP contribution in [-0.4, -0.2) is 22.3 Å². The molecule has 0 radical (unpaired) electrons. The maximum atomic E-state index is 13.7. The van der Waals surface area contributed by atoms with E-state index in [1.165, 1.54) is 6.07 Å². The Hall–Kier alpha value is -1.49. The molecule has 0 atom stereocenters. The van der Waals surface area contributed by atoms with Crippen molar-refractivity contribution in [3.05, 3.63) is 35.1 Å².